The Morgan fingerprint density at radius 1 is 0.261 bits per heavy atom. The van der Waals surface area contributed by atoms with Gasteiger partial charge in [-0.3, -0.25) is 0 Å². The zero-order valence-electron chi connectivity index (χ0n) is 33.3. The van der Waals surface area contributed by atoms with Crippen LogP contribution in [0.3, 0.4) is 0 Å². The van der Waals surface area contributed by atoms with Crippen molar-refractivity contribution in [2.75, 3.05) is 0 Å². The molecule has 0 radical (unpaired) electrons. The summed E-state index contributed by atoms with van der Waals surface area (Å²) in [5.74, 6) is 0. The molecule has 264 valence electrons. The molecule has 4 aliphatic rings. The van der Waals surface area contributed by atoms with E-state index in [4.69, 9.17) is 0 Å². The maximum Gasteiger partial charge on any atom is 2.00 e. The van der Waals surface area contributed by atoms with Crippen molar-refractivity contribution in [2.45, 2.75) is 232 Å². The molecule has 0 N–H and O–H groups in total. The maximum atomic E-state index is 11.7. The van der Waals surface area contributed by atoms with E-state index in [1.54, 1.807) is 0 Å². The molecule has 0 atom stereocenters. The van der Waals surface area contributed by atoms with Crippen LogP contribution in [-0.4, -0.2) is 64.6 Å². The van der Waals surface area contributed by atoms with Crippen LogP contribution >= 0.6 is 0 Å². The van der Waals surface area contributed by atoms with Crippen LogP contribution in [0.25, 0.3) is 0 Å². The first kappa shape index (κ1) is 49.0. The molecule has 4 fully saturated rings. The van der Waals surface area contributed by atoms with Crippen LogP contribution < -0.4 is 0 Å². The molecule has 8 nitrogen and oxygen atoms in total. The zero-order valence-corrected chi connectivity index (χ0v) is 39.3. The Morgan fingerprint density at radius 2 is 0.348 bits per heavy atom. The normalized spacial score (nSPS) is 29.0. The van der Waals surface area contributed by atoms with Gasteiger partial charge in [-0.1, -0.05) is 0 Å². The second kappa shape index (κ2) is 17.4. The quantitative estimate of drug-likeness (QED) is 0.225. The Morgan fingerprint density at radius 3 is 0.413 bits per heavy atom. The molecule has 10 heteroatoms. The summed E-state index contributed by atoms with van der Waals surface area (Å²) >= 11 is 0. The molecular formula is C36H72N4O4Zn2. The van der Waals surface area contributed by atoms with E-state index in [9.17, 15) is 20.8 Å². The van der Waals surface area contributed by atoms with Crippen LogP contribution in [0.5, 0.6) is 0 Å². The third kappa shape index (κ3) is 13.2. The van der Waals surface area contributed by atoms with Crippen molar-refractivity contribution in [1.82, 2.24) is 20.3 Å². The summed E-state index contributed by atoms with van der Waals surface area (Å²) < 4.78 is 0. The van der Waals surface area contributed by atoms with Crippen molar-refractivity contribution in [1.29, 1.82) is 0 Å². The van der Waals surface area contributed by atoms with Gasteiger partial charge >= 0.3 is 39.0 Å². The molecule has 4 aliphatic heterocycles. The van der Waals surface area contributed by atoms with Crippen molar-refractivity contribution in [3.63, 3.8) is 0 Å². The first-order chi connectivity index (χ1) is 19.4. The zero-order chi connectivity index (χ0) is 34.8. The van der Waals surface area contributed by atoms with E-state index in [2.05, 4.69) is 0 Å². The van der Waals surface area contributed by atoms with Gasteiger partial charge in [-0.25, -0.2) is 0 Å². The van der Waals surface area contributed by atoms with Crippen molar-refractivity contribution in [2.24, 2.45) is 0 Å². The largest absolute Gasteiger partial charge is 2.00 e. The van der Waals surface area contributed by atoms with Crippen molar-refractivity contribution in [3.8, 4) is 0 Å². The van der Waals surface area contributed by atoms with Crippen molar-refractivity contribution < 1.29 is 39.0 Å². The summed E-state index contributed by atoms with van der Waals surface area (Å²) in [4.78, 5) is 0. The van der Waals surface area contributed by atoms with E-state index >= 15 is 0 Å². The van der Waals surface area contributed by atoms with Gasteiger partial charge in [-0.2, -0.15) is 0 Å². The van der Waals surface area contributed by atoms with E-state index in [0.29, 0.717) is 0 Å². The summed E-state index contributed by atoms with van der Waals surface area (Å²) in [5, 5.41) is 51.8. The average molecular weight is 756 g/mol. The maximum absolute atomic E-state index is 11.7. The number of hydrogen-bond acceptors (Lipinski definition) is 8. The van der Waals surface area contributed by atoms with Gasteiger partial charge < -0.3 is 41.1 Å². The molecule has 4 heterocycles. The van der Waals surface area contributed by atoms with Gasteiger partial charge in [0.2, 0.25) is 0 Å². The minimum atomic E-state index is -0.151. The summed E-state index contributed by atoms with van der Waals surface area (Å²) in [6.07, 6.45) is 12.9. The van der Waals surface area contributed by atoms with Crippen molar-refractivity contribution >= 4 is 0 Å². The standard InChI is InChI=1S/4C9H18NO.2Zn/c4*1-8(2)6-5-7-9(3,4)10(8)11;;/h4*5-7H2,1-4H3;;/q4*-1;2*+2. The molecule has 0 aliphatic carbocycles. The molecule has 0 saturated carbocycles. The Bertz CT molecular complexity index is 698. The minimum absolute atomic E-state index is 0. The fraction of sp³-hybridized carbons (Fsp3) is 1.00. The smallest absolute Gasteiger partial charge is 0.784 e. The second-order valence-corrected chi connectivity index (χ2v) is 19.1. The van der Waals surface area contributed by atoms with E-state index in [-0.39, 0.29) is 83.3 Å². The Balaban J connectivity index is 0. The van der Waals surface area contributed by atoms with E-state index < -0.39 is 0 Å². The van der Waals surface area contributed by atoms with Crippen LogP contribution in [0.15, 0.2) is 0 Å². The first-order valence-electron chi connectivity index (χ1n) is 17.3. The monoisotopic (exact) mass is 752 g/mol. The SMILES string of the molecule is CC1(C)CCCC(C)(C)N1[O-].CC1(C)CCCC(C)(C)N1[O-].CC1(C)CCCC(C)(C)N1[O-].CC1(C)CCCC(C)(C)N1[O-].[Zn+2].[Zn+2]. The van der Waals surface area contributed by atoms with Gasteiger partial charge in [0, 0.05) is 44.3 Å². The first-order valence-corrected chi connectivity index (χ1v) is 17.3. The van der Waals surface area contributed by atoms with Gasteiger partial charge in [-0.05, 0) is 188 Å². The fourth-order valence-corrected chi connectivity index (χ4v) is 7.90. The van der Waals surface area contributed by atoms with Crippen LogP contribution in [0.4, 0.5) is 0 Å². The fourth-order valence-electron chi connectivity index (χ4n) is 7.90. The molecule has 4 saturated heterocycles. The average Bonchev–Trinajstić information content (AvgIpc) is 2.84. The van der Waals surface area contributed by atoms with Crippen LogP contribution in [0.1, 0.15) is 188 Å². The molecule has 0 aromatic carbocycles. The Hall–Kier alpha value is 0.927. The minimum Gasteiger partial charge on any atom is -0.784 e. The molecule has 46 heavy (non-hydrogen) atoms. The molecule has 0 aromatic heterocycles. The number of piperidine rings is 4. The van der Waals surface area contributed by atoms with Crippen LogP contribution in [-0.2, 0) is 39.0 Å². The molecule has 0 spiro atoms. The van der Waals surface area contributed by atoms with Gasteiger partial charge in [0.05, 0.1) is 0 Å². The van der Waals surface area contributed by atoms with Crippen molar-refractivity contribution in [3.05, 3.63) is 20.8 Å². The summed E-state index contributed by atoms with van der Waals surface area (Å²) in [6.45, 7) is 32.5. The molecule has 0 bridgehead atoms. The molecule has 4 rings (SSSR count). The van der Waals surface area contributed by atoms with Gasteiger partial charge in [0.15, 0.2) is 0 Å². The Kier molecular flexibility index (Phi) is 18.6. The Labute approximate surface area is 310 Å². The predicted octanol–water partition coefficient (Wildman–Crippen LogP) is 10.1. The summed E-state index contributed by atoms with van der Waals surface area (Å²) in [5.41, 5.74) is -1.21. The summed E-state index contributed by atoms with van der Waals surface area (Å²) in [6, 6.07) is 0. The topological polar surface area (TPSA) is 105 Å². The van der Waals surface area contributed by atoms with Gasteiger partial charge in [0.1, 0.15) is 0 Å². The molecular weight excluding hydrogens is 683 g/mol. The van der Waals surface area contributed by atoms with Crippen LogP contribution in [0.2, 0.25) is 0 Å². The third-order valence-corrected chi connectivity index (χ3v) is 10.7. The van der Waals surface area contributed by atoms with E-state index in [1.807, 2.05) is 111 Å². The predicted molar refractivity (Wildman–Crippen MR) is 189 cm³/mol. The molecule has 0 unspecified atom stereocenters. The molecule has 0 amide bonds. The number of hydroxylamine groups is 8. The third-order valence-electron chi connectivity index (χ3n) is 10.7. The number of rotatable bonds is 0. The second-order valence-electron chi connectivity index (χ2n) is 19.1. The van der Waals surface area contributed by atoms with Gasteiger partial charge in [-0.15, -0.1) is 0 Å². The van der Waals surface area contributed by atoms with E-state index in [1.165, 1.54) is 45.9 Å². The van der Waals surface area contributed by atoms with Gasteiger partial charge in [0.25, 0.3) is 0 Å². The van der Waals surface area contributed by atoms with E-state index in [0.717, 1.165) is 51.4 Å². The number of hydrogen-bond donors (Lipinski definition) is 0. The number of nitrogens with zero attached hydrogens (tertiary/aromatic N) is 4. The van der Waals surface area contributed by atoms with Crippen LogP contribution in [0, 0.1) is 20.8 Å². The summed E-state index contributed by atoms with van der Waals surface area (Å²) in [7, 11) is 0. The molecule has 0 aromatic rings.